The van der Waals surface area contributed by atoms with Gasteiger partial charge in [0, 0.05) is 12.7 Å². The van der Waals surface area contributed by atoms with E-state index in [0.29, 0.717) is 6.54 Å². The molecule has 1 aromatic heterocycles. The number of nitrogens with two attached hydrogens (primary N) is 1. The molecule has 0 radical (unpaired) electrons. The number of aromatic nitrogens is 1. The van der Waals surface area contributed by atoms with Crippen molar-refractivity contribution in [2.45, 2.75) is 31.3 Å². The second-order valence-electron chi connectivity index (χ2n) is 3.58. The summed E-state index contributed by atoms with van der Waals surface area (Å²) in [6.45, 7) is 3.77. The third-order valence-corrected chi connectivity index (χ3v) is 2.95. The van der Waals surface area contributed by atoms with Crippen molar-refractivity contribution in [1.29, 1.82) is 0 Å². The van der Waals surface area contributed by atoms with Crippen LogP contribution in [0.2, 0.25) is 0 Å². The number of rotatable bonds is 6. The Kier molecular flexibility index (Phi) is 4.85. The van der Waals surface area contributed by atoms with Crippen LogP contribution in [-0.4, -0.2) is 19.9 Å². The minimum atomic E-state index is -3.68. The molecule has 3 N–H and O–H groups in total. The lowest BCUT2D eigenvalue weighted by Crippen LogP contribution is -2.16. The third kappa shape index (κ3) is 4.26. The number of unbranched alkanes of at least 4 members (excludes halogenated alkanes) is 1. The highest BCUT2D eigenvalue weighted by Gasteiger charge is 2.08. The first kappa shape index (κ1) is 13.1. The lowest BCUT2D eigenvalue weighted by Gasteiger charge is -2.04. The molecule has 90 valence electrons. The molecule has 0 bridgehead atoms. The van der Waals surface area contributed by atoms with Crippen molar-refractivity contribution in [3.05, 3.63) is 23.9 Å². The zero-order chi connectivity index (χ0) is 12.0. The zero-order valence-corrected chi connectivity index (χ0v) is 10.1. The first-order valence-corrected chi connectivity index (χ1v) is 6.77. The van der Waals surface area contributed by atoms with E-state index in [1.807, 2.05) is 0 Å². The van der Waals surface area contributed by atoms with Crippen molar-refractivity contribution in [1.82, 2.24) is 10.3 Å². The van der Waals surface area contributed by atoms with Crippen molar-refractivity contribution < 1.29 is 8.42 Å². The Morgan fingerprint density at radius 3 is 2.69 bits per heavy atom. The van der Waals surface area contributed by atoms with Gasteiger partial charge in [-0.25, -0.2) is 18.5 Å². The first-order chi connectivity index (χ1) is 7.54. The van der Waals surface area contributed by atoms with Crippen LogP contribution in [0.3, 0.4) is 0 Å². The molecule has 0 saturated carbocycles. The van der Waals surface area contributed by atoms with E-state index in [-0.39, 0.29) is 5.03 Å². The molecule has 6 heteroatoms. The monoisotopic (exact) mass is 243 g/mol. The molecule has 16 heavy (non-hydrogen) atoms. The van der Waals surface area contributed by atoms with Crippen LogP contribution in [0.5, 0.6) is 0 Å². The van der Waals surface area contributed by atoms with E-state index in [4.69, 9.17) is 5.14 Å². The van der Waals surface area contributed by atoms with Crippen molar-refractivity contribution >= 4 is 10.0 Å². The van der Waals surface area contributed by atoms with Gasteiger partial charge in [0.2, 0.25) is 0 Å². The molecule has 0 fully saturated rings. The molecule has 1 rings (SSSR count). The quantitative estimate of drug-likeness (QED) is 0.717. The average Bonchev–Trinajstić information content (AvgIpc) is 2.24. The summed E-state index contributed by atoms with van der Waals surface area (Å²) >= 11 is 0. The maximum absolute atomic E-state index is 10.9. The van der Waals surface area contributed by atoms with Gasteiger partial charge >= 0.3 is 0 Å². The van der Waals surface area contributed by atoms with Crippen LogP contribution >= 0.6 is 0 Å². The molecular formula is C10H17N3O2S. The fourth-order valence-corrected chi connectivity index (χ4v) is 1.68. The number of pyridine rings is 1. The number of sulfonamides is 1. The van der Waals surface area contributed by atoms with E-state index >= 15 is 0 Å². The van der Waals surface area contributed by atoms with Gasteiger partial charge in [0.05, 0.1) is 0 Å². The minimum absolute atomic E-state index is 0.0928. The van der Waals surface area contributed by atoms with E-state index < -0.39 is 10.0 Å². The van der Waals surface area contributed by atoms with E-state index in [2.05, 4.69) is 17.2 Å². The Balaban J connectivity index is 2.52. The van der Waals surface area contributed by atoms with E-state index in [9.17, 15) is 8.42 Å². The molecule has 0 spiro atoms. The molecule has 0 aliphatic carbocycles. The summed E-state index contributed by atoms with van der Waals surface area (Å²) in [5.41, 5.74) is 0.948. The minimum Gasteiger partial charge on any atom is -0.313 e. The van der Waals surface area contributed by atoms with Crippen LogP contribution in [0, 0.1) is 0 Å². The second kappa shape index (κ2) is 5.93. The summed E-state index contributed by atoms with van der Waals surface area (Å²) in [6, 6.07) is 3.14. The van der Waals surface area contributed by atoms with Gasteiger partial charge in [-0.05, 0) is 24.6 Å². The van der Waals surface area contributed by atoms with Crippen LogP contribution in [0.4, 0.5) is 0 Å². The van der Waals surface area contributed by atoms with Crippen LogP contribution < -0.4 is 10.5 Å². The SMILES string of the molecule is CCCCNCc1ccc(S(N)(=O)=O)nc1. The van der Waals surface area contributed by atoms with Gasteiger partial charge in [0.15, 0.2) is 5.03 Å². The van der Waals surface area contributed by atoms with Gasteiger partial charge in [-0.1, -0.05) is 19.4 Å². The first-order valence-electron chi connectivity index (χ1n) is 5.22. The maximum atomic E-state index is 10.9. The highest BCUT2D eigenvalue weighted by molar-refractivity contribution is 7.89. The van der Waals surface area contributed by atoms with Gasteiger partial charge < -0.3 is 5.32 Å². The Morgan fingerprint density at radius 2 is 2.19 bits per heavy atom. The fraction of sp³-hybridized carbons (Fsp3) is 0.500. The molecule has 0 aromatic carbocycles. The van der Waals surface area contributed by atoms with Crippen molar-refractivity contribution in [3.63, 3.8) is 0 Å². The molecule has 0 saturated heterocycles. The summed E-state index contributed by atoms with van der Waals surface area (Å²) in [6.07, 6.45) is 3.80. The van der Waals surface area contributed by atoms with Gasteiger partial charge in [0.1, 0.15) is 0 Å². The molecule has 0 aliphatic heterocycles. The Hall–Kier alpha value is -0.980. The zero-order valence-electron chi connectivity index (χ0n) is 9.31. The van der Waals surface area contributed by atoms with Crippen molar-refractivity contribution in [3.8, 4) is 0 Å². The number of hydrogen-bond donors (Lipinski definition) is 2. The normalized spacial score (nSPS) is 11.6. The van der Waals surface area contributed by atoms with Crippen molar-refractivity contribution in [2.75, 3.05) is 6.54 Å². The average molecular weight is 243 g/mol. The summed E-state index contributed by atoms with van der Waals surface area (Å²) < 4.78 is 21.9. The number of nitrogens with one attached hydrogen (secondary N) is 1. The Labute approximate surface area is 96.1 Å². The fourth-order valence-electron chi connectivity index (χ4n) is 1.22. The lowest BCUT2D eigenvalue weighted by atomic mass is 10.3. The largest absolute Gasteiger partial charge is 0.313 e. The molecule has 0 atom stereocenters. The topological polar surface area (TPSA) is 85.1 Å². The Morgan fingerprint density at radius 1 is 1.44 bits per heavy atom. The third-order valence-electron chi connectivity index (χ3n) is 2.13. The second-order valence-corrected chi connectivity index (χ2v) is 5.09. The number of nitrogens with zero attached hydrogens (tertiary/aromatic N) is 1. The van der Waals surface area contributed by atoms with Crippen LogP contribution in [0.25, 0.3) is 0 Å². The molecule has 1 heterocycles. The molecule has 5 nitrogen and oxygen atoms in total. The molecule has 1 aromatic rings. The molecule has 0 aliphatic rings. The summed E-state index contributed by atoms with van der Waals surface area (Å²) in [7, 11) is -3.68. The van der Waals surface area contributed by atoms with Crippen molar-refractivity contribution in [2.24, 2.45) is 5.14 Å². The summed E-state index contributed by atoms with van der Waals surface area (Å²) in [5, 5.41) is 8.09. The number of primary sulfonamides is 1. The predicted molar refractivity (Wildman–Crippen MR) is 62.2 cm³/mol. The van der Waals surface area contributed by atoms with Gasteiger partial charge in [-0.2, -0.15) is 0 Å². The maximum Gasteiger partial charge on any atom is 0.255 e. The summed E-state index contributed by atoms with van der Waals surface area (Å²) in [5.74, 6) is 0. The molecule has 0 amide bonds. The van der Waals surface area contributed by atoms with Gasteiger partial charge in [-0.3, -0.25) is 0 Å². The van der Waals surface area contributed by atoms with Crippen LogP contribution in [0.15, 0.2) is 23.4 Å². The standard InChI is InChI=1S/C10H17N3O2S/c1-2-3-6-12-7-9-4-5-10(13-8-9)16(11,14)15/h4-5,8,12H,2-3,6-7H2,1H3,(H2,11,14,15). The molecular weight excluding hydrogens is 226 g/mol. The lowest BCUT2D eigenvalue weighted by molar-refractivity contribution is 0.593. The smallest absolute Gasteiger partial charge is 0.255 e. The van der Waals surface area contributed by atoms with Crippen LogP contribution in [0.1, 0.15) is 25.3 Å². The van der Waals surface area contributed by atoms with Gasteiger partial charge in [-0.15, -0.1) is 0 Å². The highest BCUT2D eigenvalue weighted by atomic mass is 32.2. The number of hydrogen-bond acceptors (Lipinski definition) is 4. The van der Waals surface area contributed by atoms with E-state index in [1.54, 1.807) is 6.07 Å². The molecule has 0 unspecified atom stereocenters. The predicted octanol–water partition coefficient (Wildman–Crippen LogP) is 0.619. The summed E-state index contributed by atoms with van der Waals surface area (Å²) in [4.78, 5) is 3.80. The van der Waals surface area contributed by atoms with Crippen LogP contribution in [-0.2, 0) is 16.6 Å². The highest BCUT2D eigenvalue weighted by Crippen LogP contribution is 2.04. The van der Waals surface area contributed by atoms with E-state index in [1.165, 1.54) is 12.3 Å². The Bertz CT molecular complexity index is 414. The van der Waals surface area contributed by atoms with E-state index in [0.717, 1.165) is 24.9 Å². The van der Waals surface area contributed by atoms with Gasteiger partial charge in [0.25, 0.3) is 10.0 Å².